The molecule has 1 fully saturated rings. The highest BCUT2D eigenvalue weighted by Gasteiger charge is 2.40. The minimum atomic E-state index is -1.21. The van der Waals surface area contributed by atoms with Crippen molar-refractivity contribution in [3.8, 4) is 11.1 Å². The van der Waals surface area contributed by atoms with Gasteiger partial charge in [0.1, 0.15) is 12.6 Å². The zero-order valence-corrected chi connectivity index (χ0v) is 18.6. The Bertz CT molecular complexity index is 1260. The number of carboxylic acids is 1. The molecular formula is C26H23N3O6. The van der Waals surface area contributed by atoms with Gasteiger partial charge in [-0.25, -0.2) is 14.6 Å². The van der Waals surface area contributed by atoms with Gasteiger partial charge < -0.3 is 19.8 Å². The number of fused-ring (bicyclic) bond motifs is 3. The highest BCUT2D eigenvalue weighted by atomic mass is 16.5. The van der Waals surface area contributed by atoms with Gasteiger partial charge in [0.25, 0.3) is 5.91 Å². The van der Waals surface area contributed by atoms with E-state index in [9.17, 15) is 24.6 Å². The van der Waals surface area contributed by atoms with E-state index in [1.807, 2.05) is 48.5 Å². The standard InChI is InChI=1S/C26H23N3O6/c30-15-12-22(25(32)33)29(13-15)24(31)23-21(10-5-11-27-23)28-26(34)35-14-20-18-8-3-1-6-16(18)17-7-2-4-9-19(17)20/h1-11,15,20,22,30H,12-14H2,(H,28,34)(H,32,33)/t15-,22-/m1/s1. The smallest absolute Gasteiger partial charge is 0.411 e. The van der Waals surface area contributed by atoms with E-state index in [0.717, 1.165) is 27.2 Å². The number of hydrogen-bond donors (Lipinski definition) is 3. The predicted octanol–water partition coefficient (Wildman–Crippen LogP) is 3.10. The molecule has 0 saturated carbocycles. The van der Waals surface area contributed by atoms with Crippen LogP contribution < -0.4 is 5.32 Å². The summed E-state index contributed by atoms with van der Waals surface area (Å²) in [6.45, 7) is -0.0282. The number of carbonyl (C=O) groups excluding carboxylic acids is 2. The summed E-state index contributed by atoms with van der Waals surface area (Å²) in [4.78, 5) is 42.4. The van der Waals surface area contributed by atoms with E-state index in [-0.39, 0.29) is 36.9 Å². The Morgan fingerprint density at radius 1 is 1.00 bits per heavy atom. The molecule has 0 bridgehead atoms. The summed E-state index contributed by atoms with van der Waals surface area (Å²) in [7, 11) is 0. The number of benzene rings is 2. The van der Waals surface area contributed by atoms with Gasteiger partial charge in [-0.15, -0.1) is 0 Å². The van der Waals surface area contributed by atoms with Crippen LogP contribution in [0.3, 0.4) is 0 Å². The van der Waals surface area contributed by atoms with E-state index >= 15 is 0 Å². The van der Waals surface area contributed by atoms with E-state index < -0.39 is 30.1 Å². The molecule has 2 heterocycles. The van der Waals surface area contributed by atoms with Crippen molar-refractivity contribution in [3.63, 3.8) is 0 Å². The largest absolute Gasteiger partial charge is 0.480 e. The maximum absolute atomic E-state index is 13.0. The fraction of sp³-hybridized carbons (Fsp3) is 0.231. The molecule has 5 rings (SSSR count). The molecule has 9 nitrogen and oxygen atoms in total. The zero-order chi connectivity index (χ0) is 24.5. The molecule has 2 aromatic carbocycles. The number of nitrogens with zero attached hydrogens (tertiary/aromatic N) is 2. The van der Waals surface area contributed by atoms with Crippen LogP contribution in [0.5, 0.6) is 0 Å². The van der Waals surface area contributed by atoms with Crippen molar-refractivity contribution in [1.82, 2.24) is 9.88 Å². The van der Waals surface area contributed by atoms with Gasteiger partial charge in [0.05, 0.1) is 11.8 Å². The number of carboxylic acid groups (broad SMARTS) is 1. The topological polar surface area (TPSA) is 129 Å². The molecule has 35 heavy (non-hydrogen) atoms. The number of aromatic nitrogens is 1. The first-order valence-electron chi connectivity index (χ1n) is 11.2. The van der Waals surface area contributed by atoms with Gasteiger partial charge in [-0.3, -0.25) is 10.1 Å². The van der Waals surface area contributed by atoms with Crippen LogP contribution in [0.4, 0.5) is 10.5 Å². The van der Waals surface area contributed by atoms with Crippen molar-refractivity contribution >= 4 is 23.7 Å². The number of pyridine rings is 1. The number of nitrogens with one attached hydrogen (secondary N) is 1. The van der Waals surface area contributed by atoms with Crippen molar-refractivity contribution in [2.24, 2.45) is 0 Å². The number of aliphatic hydroxyl groups is 1. The van der Waals surface area contributed by atoms with Gasteiger partial charge in [0, 0.05) is 25.1 Å². The molecular weight excluding hydrogens is 450 g/mol. The lowest BCUT2D eigenvalue weighted by Crippen LogP contribution is -2.41. The molecule has 2 amide bonds. The Balaban J connectivity index is 1.31. The van der Waals surface area contributed by atoms with Crippen LogP contribution in [0.25, 0.3) is 11.1 Å². The minimum Gasteiger partial charge on any atom is -0.480 e. The fourth-order valence-corrected chi connectivity index (χ4v) is 4.83. The van der Waals surface area contributed by atoms with Gasteiger partial charge in [-0.05, 0) is 34.4 Å². The molecule has 2 atom stereocenters. The third kappa shape index (κ3) is 4.22. The highest BCUT2D eigenvalue weighted by Crippen LogP contribution is 2.44. The lowest BCUT2D eigenvalue weighted by Gasteiger charge is -2.22. The normalized spacial score (nSPS) is 18.6. The number of likely N-dealkylation sites (tertiary alicyclic amines) is 1. The maximum atomic E-state index is 13.0. The predicted molar refractivity (Wildman–Crippen MR) is 126 cm³/mol. The first-order chi connectivity index (χ1) is 16.9. The SMILES string of the molecule is O=C(Nc1cccnc1C(=O)N1C[C@H](O)C[C@@H]1C(=O)O)OCC1c2ccccc2-c2ccccc21. The van der Waals surface area contributed by atoms with Crippen LogP contribution in [-0.2, 0) is 9.53 Å². The third-order valence-electron chi connectivity index (χ3n) is 6.42. The summed E-state index contributed by atoms with van der Waals surface area (Å²) >= 11 is 0. The molecule has 0 radical (unpaired) electrons. The first kappa shape index (κ1) is 22.5. The van der Waals surface area contributed by atoms with Crippen molar-refractivity contribution in [3.05, 3.63) is 83.7 Å². The molecule has 1 aromatic heterocycles. The van der Waals surface area contributed by atoms with Crippen LogP contribution in [0.15, 0.2) is 66.9 Å². The summed E-state index contributed by atoms with van der Waals surface area (Å²) in [6, 6.07) is 17.8. The minimum absolute atomic E-state index is 0.0664. The fourth-order valence-electron chi connectivity index (χ4n) is 4.83. The zero-order valence-electron chi connectivity index (χ0n) is 18.6. The summed E-state index contributed by atoms with van der Waals surface area (Å²) in [5.74, 6) is -2.02. The number of aliphatic carboxylic acids is 1. The van der Waals surface area contributed by atoms with E-state index in [0.29, 0.717) is 0 Å². The van der Waals surface area contributed by atoms with Crippen LogP contribution in [0.1, 0.15) is 34.0 Å². The molecule has 0 unspecified atom stereocenters. The van der Waals surface area contributed by atoms with Crippen LogP contribution in [0.2, 0.25) is 0 Å². The third-order valence-corrected chi connectivity index (χ3v) is 6.42. The number of amides is 2. The molecule has 2 aliphatic rings. The van der Waals surface area contributed by atoms with Crippen LogP contribution in [0, 0.1) is 0 Å². The Labute approximate surface area is 201 Å². The van der Waals surface area contributed by atoms with Crippen LogP contribution in [-0.4, -0.2) is 63.4 Å². The summed E-state index contributed by atoms with van der Waals surface area (Å²) in [5.41, 5.74) is 4.34. The summed E-state index contributed by atoms with van der Waals surface area (Å²) in [5, 5.41) is 21.8. The van der Waals surface area contributed by atoms with Crippen molar-refractivity contribution in [1.29, 1.82) is 0 Å². The van der Waals surface area contributed by atoms with Gasteiger partial charge in [-0.2, -0.15) is 0 Å². The Morgan fingerprint density at radius 3 is 2.31 bits per heavy atom. The Morgan fingerprint density at radius 2 is 1.66 bits per heavy atom. The average Bonchev–Trinajstić information content (AvgIpc) is 3.41. The van der Waals surface area contributed by atoms with E-state index in [1.54, 1.807) is 6.07 Å². The van der Waals surface area contributed by atoms with Gasteiger partial charge in [0.2, 0.25) is 0 Å². The lowest BCUT2D eigenvalue weighted by atomic mass is 9.98. The molecule has 3 aromatic rings. The second-order valence-electron chi connectivity index (χ2n) is 8.55. The molecule has 1 aliphatic heterocycles. The number of rotatable bonds is 5. The molecule has 3 N–H and O–H groups in total. The van der Waals surface area contributed by atoms with E-state index in [4.69, 9.17) is 4.74 Å². The number of carbonyl (C=O) groups is 3. The molecule has 1 aliphatic carbocycles. The maximum Gasteiger partial charge on any atom is 0.411 e. The number of ether oxygens (including phenoxy) is 1. The van der Waals surface area contributed by atoms with Crippen LogP contribution >= 0.6 is 0 Å². The second kappa shape index (κ2) is 9.19. The average molecular weight is 473 g/mol. The second-order valence-corrected chi connectivity index (χ2v) is 8.55. The van der Waals surface area contributed by atoms with Gasteiger partial charge in [-0.1, -0.05) is 48.5 Å². The van der Waals surface area contributed by atoms with E-state index in [2.05, 4.69) is 10.3 Å². The number of anilines is 1. The number of aliphatic hydroxyl groups excluding tert-OH is 1. The molecule has 178 valence electrons. The van der Waals surface area contributed by atoms with Crippen molar-refractivity contribution in [2.45, 2.75) is 24.5 Å². The lowest BCUT2D eigenvalue weighted by molar-refractivity contribution is -0.141. The van der Waals surface area contributed by atoms with E-state index in [1.165, 1.54) is 12.3 Å². The summed E-state index contributed by atoms with van der Waals surface area (Å²) < 4.78 is 5.54. The quantitative estimate of drug-likeness (QED) is 0.519. The van der Waals surface area contributed by atoms with Gasteiger partial charge in [0.15, 0.2) is 5.69 Å². The van der Waals surface area contributed by atoms with Crippen molar-refractivity contribution in [2.75, 3.05) is 18.5 Å². The van der Waals surface area contributed by atoms with Crippen molar-refractivity contribution < 1.29 is 29.3 Å². The number of hydrogen-bond acceptors (Lipinski definition) is 6. The molecule has 0 spiro atoms. The summed E-state index contributed by atoms with van der Waals surface area (Å²) in [6.07, 6.45) is -0.394. The molecule has 1 saturated heterocycles. The van der Waals surface area contributed by atoms with Gasteiger partial charge >= 0.3 is 12.1 Å². The highest BCUT2D eigenvalue weighted by molar-refractivity contribution is 6.02. The Kier molecular flexibility index (Phi) is 5.92. The monoisotopic (exact) mass is 473 g/mol. The Hall–Kier alpha value is -4.24. The first-order valence-corrected chi connectivity index (χ1v) is 11.2. The molecule has 9 heteroatoms. The number of β-amino-alcohol motifs (C(OH)–C–C–N with tert-alkyl or cyclic N) is 1.